The Bertz CT molecular complexity index is 551. The zero-order valence-corrected chi connectivity index (χ0v) is 10.3. The lowest BCUT2D eigenvalue weighted by Gasteiger charge is -2.12. The molecule has 0 saturated carbocycles. The highest BCUT2D eigenvalue weighted by Gasteiger charge is 2.14. The number of rotatable bonds is 4. The van der Waals surface area contributed by atoms with Crippen LogP contribution in [0.3, 0.4) is 0 Å². The molecular formula is C13H16N4O. The van der Waals surface area contributed by atoms with Crippen molar-refractivity contribution in [3.63, 3.8) is 0 Å². The Balaban J connectivity index is 2.19. The summed E-state index contributed by atoms with van der Waals surface area (Å²) in [6.07, 6.45) is 4.00. The number of hydrogen-bond donors (Lipinski definition) is 2. The van der Waals surface area contributed by atoms with Gasteiger partial charge in [-0.1, -0.05) is 6.92 Å². The molecule has 1 atom stereocenters. The number of anilines is 1. The van der Waals surface area contributed by atoms with Crippen LogP contribution >= 0.6 is 0 Å². The van der Waals surface area contributed by atoms with Crippen LogP contribution in [0.5, 0.6) is 0 Å². The van der Waals surface area contributed by atoms with Gasteiger partial charge in [0.05, 0.1) is 17.0 Å². The van der Waals surface area contributed by atoms with Crippen LogP contribution in [0, 0.1) is 5.92 Å². The van der Waals surface area contributed by atoms with Crippen LogP contribution in [0.15, 0.2) is 30.6 Å². The molecule has 1 aromatic heterocycles. The molecule has 1 heterocycles. The maximum Gasteiger partial charge on any atom is 0.228 e. The number of benzene rings is 1. The topological polar surface area (TPSA) is 80.9 Å². The number of nitrogens with one attached hydrogen (secondary N) is 1. The number of nitrogens with zero attached hydrogens (tertiary/aromatic N) is 2. The Labute approximate surface area is 105 Å². The molecule has 94 valence electrons. The van der Waals surface area contributed by atoms with Crippen LogP contribution in [0.4, 0.5) is 5.69 Å². The van der Waals surface area contributed by atoms with Gasteiger partial charge in [0.1, 0.15) is 0 Å². The minimum atomic E-state index is -0.150. The third-order valence-corrected chi connectivity index (χ3v) is 2.88. The average molecular weight is 244 g/mol. The van der Waals surface area contributed by atoms with E-state index in [9.17, 15) is 4.79 Å². The van der Waals surface area contributed by atoms with E-state index in [4.69, 9.17) is 5.73 Å². The van der Waals surface area contributed by atoms with Crippen LogP contribution in [0.1, 0.15) is 13.3 Å². The number of carbonyl (C=O) groups is 1. The number of nitrogens with two attached hydrogens (primary N) is 1. The molecule has 5 nitrogen and oxygen atoms in total. The van der Waals surface area contributed by atoms with Crippen LogP contribution in [0.2, 0.25) is 0 Å². The van der Waals surface area contributed by atoms with Crippen molar-refractivity contribution in [2.45, 2.75) is 13.3 Å². The molecule has 5 heteroatoms. The fourth-order valence-corrected chi connectivity index (χ4v) is 1.74. The standard InChI is InChI=1S/C13H16N4O/c1-2-9(8-14)13(18)17-10-3-4-11-12(7-10)16-6-5-15-11/h3-7,9H,2,8,14H2,1H3,(H,17,18). The fraction of sp³-hybridized carbons (Fsp3) is 0.308. The van der Waals surface area contributed by atoms with Crippen molar-refractivity contribution >= 4 is 22.6 Å². The SMILES string of the molecule is CCC(CN)C(=O)Nc1ccc2nccnc2c1. The van der Waals surface area contributed by atoms with E-state index in [1.54, 1.807) is 12.4 Å². The summed E-state index contributed by atoms with van der Waals surface area (Å²) in [7, 11) is 0. The molecule has 18 heavy (non-hydrogen) atoms. The van der Waals surface area contributed by atoms with Crippen molar-refractivity contribution in [3.8, 4) is 0 Å². The van der Waals surface area contributed by atoms with Gasteiger partial charge in [0.15, 0.2) is 0 Å². The van der Waals surface area contributed by atoms with Gasteiger partial charge in [-0.2, -0.15) is 0 Å². The molecule has 1 amide bonds. The molecule has 0 aliphatic carbocycles. The highest BCUT2D eigenvalue weighted by atomic mass is 16.1. The summed E-state index contributed by atoms with van der Waals surface area (Å²) in [6.45, 7) is 2.30. The molecule has 0 aliphatic rings. The summed E-state index contributed by atoms with van der Waals surface area (Å²) >= 11 is 0. The van der Waals surface area contributed by atoms with Gasteiger partial charge in [-0.25, -0.2) is 0 Å². The van der Waals surface area contributed by atoms with Crippen molar-refractivity contribution < 1.29 is 4.79 Å². The summed E-state index contributed by atoms with van der Waals surface area (Å²) in [5.74, 6) is -0.203. The van der Waals surface area contributed by atoms with E-state index in [-0.39, 0.29) is 11.8 Å². The number of fused-ring (bicyclic) bond motifs is 1. The summed E-state index contributed by atoms with van der Waals surface area (Å²) in [5, 5.41) is 2.85. The highest BCUT2D eigenvalue weighted by molar-refractivity contribution is 5.94. The molecule has 3 N–H and O–H groups in total. The fourth-order valence-electron chi connectivity index (χ4n) is 1.74. The van der Waals surface area contributed by atoms with E-state index in [1.165, 1.54) is 0 Å². The first kappa shape index (κ1) is 12.4. The maximum absolute atomic E-state index is 11.9. The molecular weight excluding hydrogens is 228 g/mol. The van der Waals surface area contributed by atoms with Gasteiger partial charge in [-0.05, 0) is 24.6 Å². The first-order chi connectivity index (χ1) is 8.74. The molecule has 0 saturated heterocycles. The molecule has 2 aromatic rings. The lowest BCUT2D eigenvalue weighted by molar-refractivity contribution is -0.119. The van der Waals surface area contributed by atoms with Crippen LogP contribution < -0.4 is 11.1 Å². The third-order valence-electron chi connectivity index (χ3n) is 2.88. The minimum absolute atomic E-state index is 0.0526. The van der Waals surface area contributed by atoms with E-state index in [0.717, 1.165) is 23.1 Å². The van der Waals surface area contributed by atoms with Crippen molar-refractivity contribution in [2.24, 2.45) is 11.7 Å². The second-order valence-electron chi connectivity index (χ2n) is 4.09. The third kappa shape index (κ3) is 2.62. The van der Waals surface area contributed by atoms with E-state index in [0.29, 0.717) is 6.54 Å². The van der Waals surface area contributed by atoms with E-state index >= 15 is 0 Å². The zero-order chi connectivity index (χ0) is 13.0. The lowest BCUT2D eigenvalue weighted by atomic mass is 10.1. The molecule has 0 radical (unpaired) electrons. The van der Waals surface area contributed by atoms with E-state index in [2.05, 4.69) is 15.3 Å². The van der Waals surface area contributed by atoms with E-state index in [1.807, 2.05) is 25.1 Å². The quantitative estimate of drug-likeness (QED) is 0.855. The Morgan fingerprint density at radius 1 is 1.33 bits per heavy atom. The highest BCUT2D eigenvalue weighted by Crippen LogP contribution is 2.16. The first-order valence-corrected chi connectivity index (χ1v) is 5.96. The second kappa shape index (κ2) is 5.55. The molecule has 0 spiro atoms. The van der Waals surface area contributed by atoms with Gasteiger partial charge in [0.25, 0.3) is 0 Å². The van der Waals surface area contributed by atoms with Crippen molar-refractivity contribution in [2.75, 3.05) is 11.9 Å². The van der Waals surface area contributed by atoms with Crippen LogP contribution in [-0.2, 0) is 4.79 Å². The van der Waals surface area contributed by atoms with Crippen molar-refractivity contribution in [1.29, 1.82) is 0 Å². The monoisotopic (exact) mass is 244 g/mol. The smallest absolute Gasteiger partial charge is 0.228 e. The van der Waals surface area contributed by atoms with Gasteiger partial charge in [0, 0.05) is 24.6 Å². The molecule has 1 unspecified atom stereocenters. The number of carbonyl (C=O) groups excluding carboxylic acids is 1. The molecule has 1 aromatic carbocycles. The van der Waals surface area contributed by atoms with Crippen molar-refractivity contribution in [3.05, 3.63) is 30.6 Å². The number of amides is 1. The minimum Gasteiger partial charge on any atom is -0.330 e. The second-order valence-corrected chi connectivity index (χ2v) is 4.09. The summed E-state index contributed by atoms with van der Waals surface area (Å²) in [6, 6.07) is 5.46. The largest absolute Gasteiger partial charge is 0.330 e. The summed E-state index contributed by atoms with van der Waals surface area (Å²) in [4.78, 5) is 20.3. The molecule has 0 aliphatic heterocycles. The Morgan fingerprint density at radius 2 is 2.06 bits per heavy atom. The lowest BCUT2D eigenvalue weighted by Crippen LogP contribution is -2.28. The Kier molecular flexibility index (Phi) is 3.84. The zero-order valence-electron chi connectivity index (χ0n) is 10.3. The predicted molar refractivity (Wildman–Crippen MR) is 71.0 cm³/mol. The van der Waals surface area contributed by atoms with Gasteiger partial charge < -0.3 is 11.1 Å². The van der Waals surface area contributed by atoms with E-state index < -0.39 is 0 Å². The first-order valence-electron chi connectivity index (χ1n) is 5.96. The molecule has 0 bridgehead atoms. The Morgan fingerprint density at radius 3 is 2.72 bits per heavy atom. The summed E-state index contributed by atoms with van der Waals surface area (Å²) < 4.78 is 0. The van der Waals surface area contributed by atoms with Crippen molar-refractivity contribution in [1.82, 2.24) is 9.97 Å². The number of aromatic nitrogens is 2. The van der Waals surface area contributed by atoms with Gasteiger partial charge >= 0.3 is 0 Å². The maximum atomic E-state index is 11.9. The average Bonchev–Trinajstić information content (AvgIpc) is 2.40. The molecule has 0 fully saturated rings. The normalized spacial score (nSPS) is 12.3. The van der Waals surface area contributed by atoms with Gasteiger partial charge in [0.2, 0.25) is 5.91 Å². The predicted octanol–water partition coefficient (Wildman–Crippen LogP) is 1.55. The Hall–Kier alpha value is -2.01. The van der Waals surface area contributed by atoms with Gasteiger partial charge in [-0.3, -0.25) is 14.8 Å². The number of hydrogen-bond acceptors (Lipinski definition) is 4. The van der Waals surface area contributed by atoms with Crippen LogP contribution in [0.25, 0.3) is 11.0 Å². The van der Waals surface area contributed by atoms with Crippen LogP contribution in [-0.4, -0.2) is 22.4 Å². The van der Waals surface area contributed by atoms with Gasteiger partial charge in [-0.15, -0.1) is 0 Å². The summed E-state index contributed by atoms with van der Waals surface area (Å²) in [5.41, 5.74) is 7.83. The molecule has 2 rings (SSSR count).